The Bertz CT molecular complexity index is 2360. The van der Waals surface area contributed by atoms with Crippen LogP contribution < -0.4 is 0 Å². The molecular weight excluding hydrogens is 551 g/mol. The van der Waals surface area contributed by atoms with E-state index in [4.69, 9.17) is 0 Å². The minimum Gasteiger partial charge on any atom is -0.367 e. The van der Waals surface area contributed by atoms with Crippen LogP contribution in [-0.4, -0.2) is 27.6 Å². The van der Waals surface area contributed by atoms with Gasteiger partial charge >= 0.3 is 0 Å². The van der Waals surface area contributed by atoms with Gasteiger partial charge in [0, 0.05) is 5.56 Å². The first kappa shape index (κ1) is 27.1. The van der Waals surface area contributed by atoms with Crippen molar-refractivity contribution in [2.24, 2.45) is 0 Å². The van der Waals surface area contributed by atoms with Crippen molar-refractivity contribution >= 4 is 40.4 Å². The van der Waals surface area contributed by atoms with E-state index >= 15 is 0 Å². The van der Waals surface area contributed by atoms with Crippen LogP contribution in [0, 0.1) is 0 Å². The third-order valence-electron chi connectivity index (χ3n) is 8.59. The summed E-state index contributed by atoms with van der Waals surface area (Å²) in [5.74, 6) is 0.164. The second kappa shape index (κ2) is 10.6. The smallest absolute Gasteiger partial charge is 0.188 e. The van der Waals surface area contributed by atoms with E-state index in [9.17, 15) is 10.2 Å². The number of rotatable bonds is 5. The summed E-state index contributed by atoms with van der Waals surface area (Å²) >= 11 is 0. The zero-order valence-corrected chi connectivity index (χ0v) is 24.7. The first-order chi connectivity index (χ1) is 22.0. The van der Waals surface area contributed by atoms with E-state index < -0.39 is 5.69 Å². The van der Waals surface area contributed by atoms with Gasteiger partial charge in [0.25, 0.3) is 0 Å². The second-order valence-electron chi connectivity index (χ2n) is 11.6. The lowest BCUT2D eigenvalue weighted by Crippen LogP contribution is -2.29. The maximum absolute atomic E-state index is 10.9. The molecule has 5 heteroatoms. The first-order valence-electron chi connectivity index (χ1n) is 15.1. The van der Waals surface area contributed by atoms with E-state index in [1.165, 1.54) is 13.4 Å². The van der Waals surface area contributed by atoms with Crippen molar-refractivity contribution in [2.75, 3.05) is 0 Å². The van der Waals surface area contributed by atoms with Gasteiger partial charge in [-0.3, -0.25) is 4.57 Å². The van der Waals surface area contributed by atoms with Crippen molar-refractivity contribution in [3.63, 3.8) is 0 Å². The van der Waals surface area contributed by atoms with E-state index in [-0.39, 0.29) is 5.82 Å². The van der Waals surface area contributed by atoms with Crippen LogP contribution in [0.2, 0.25) is 0 Å². The molecule has 0 aliphatic carbocycles. The highest BCUT2D eigenvalue weighted by molar-refractivity contribution is 6.22. The molecule has 0 bridgehead atoms. The predicted octanol–water partition coefficient (Wildman–Crippen LogP) is 8.06. The standard InChI is InChI=1S/C40H29BN2O2/c41-40(44,45)39-42-34-20-10-12-22-36(34)43(39)35-21-11-9-19-32(35)38-30-18-8-7-17-29(30)37(27-15-5-2-6-16-27)33-25-28(23-24-31(33)38)26-13-3-1-4-14-26/h1-25,44-45H,41H2. The highest BCUT2D eigenvalue weighted by Crippen LogP contribution is 2.46. The number of fused-ring (bicyclic) bond motifs is 3. The number of aliphatic hydroxyl groups is 2. The van der Waals surface area contributed by atoms with Crippen LogP contribution in [0.4, 0.5) is 0 Å². The van der Waals surface area contributed by atoms with Crippen LogP contribution in [0.3, 0.4) is 0 Å². The molecule has 4 nitrogen and oxygen atoms in total. The van der Waals surface area contributed by atoms with Gasteiger partial charge in [-0.25, -0.2) is 4.98 Å². The van der Waals surface area contributed by atoms with Gasteiger partial charge in [-0.1, -0.05) is 127 Å². The SMILES string of the molecule is BC(O)(O)c1nc2ccccc2n1-c1ccccc1-c1c2ccccc2c(-c2ccccc2)c2cc(-c3ccccc3)ccc12. The van der Waals surface area contributed by atoms with Gasteiger partial charge in [0.2, 0.25) is 0 Å². The fourth-order valence-corrected chi connectivity index (χ4v) is 6.66. The summed E-state index contributed by atoms with van der Waals surface area (Å²) in [7, 11) is 1.36. The summed E-state index contributed by atoms with van der Waals surface area (Å²) in [6, 6.07) is 52.3. The number of hydrogen-bond donors (Lipinski definition) is 2. The molecule has 0 fully saturated rings. The Kier molecular flexibility index (Phi) is 6.38. The van der Waals surface area contributed by atoms with Crippen LogP contribution in [0.1, 0.15) is 5.82 Å². The fraction of sp³-hybridized carbons (Fsp3) is 0.0250. The van der Waals surface area contributed by atoms with E-state index in [1.807, 2.05) is 53.1 Å². The molecule has 0 spiro atoms. The number of aromatic nitrogens is 2. The number of hydrogen-bond acceptors (Lipinski definition) is 3. The Morgan fingerprint density at radius 1 is 0.511 bits per heavy atom. The van der Waals surface area contributed by atoms with Crippen LogP contribution in [0.25, 0.3) is 71.6 Å². The third kappa shape index (κ3) is 4.53. The zero-order chi connectivity index (χ0) is 30.5. The van der Waals surface area contributed by atoms with Crippen LogP contribution in [-0.2, 0) is 5.69 Å². The molecule has 0 amide bonds. The van der Waals surface area contributed by atoms with Gasteiger partial charge in [0.15, 0.2) is 19.4 Å². The fourth-order valence-electron chi connectivity index (χ4n) is 6.66. The number of imidazole rings is 1. The van der Waals surface area contributed by atoms with Crippen LogP contribution in [0.5, 0.6) is 0 Å². The highest BCUT2D eigenvalue weighted by Gasteiger charge is 2.29. The summed E-state index contributed by atoms with van der Waals surface area (Å²) in [4.78, 5) is 4.68. The summed E-state index contributed by atoms with van der Waals surface area (Å²) < 4.78 is 1.88. The lowest BCUT2D eigenvalue weighted by atomic mass is 9.84. The molecule has 8 aromatic rings. The van der Waals surface area contributed by atoms with Gasteiger partial charge < -0.3 is 10.2 Å². The molecule has 1 heterocycles. The number of para-hydroxylation sites is 3. The van der Waals surface area contributed by atoms with Gasteiger partial charge in [-0.05, 0) is 73.6 Å². The predicted molar refractivity (Wildman–Crippen MR) is 187 cm³/mol. The minimum atomic E-state index is -2.15. The first-order valence-corrected chi connectivity index (χ1v) is 15.1. The molecular formula is C40H29BN2O2. The quantitative estimate of drug-likeness (QED) is 0.123. The lowest BCUT2D eigenvalue weighted by molar-refractivity contribution is -0.0985. The molecule has 0 atom stereocenters. The van der Waals surface area contributed by atoms with E-state index in [0.29, 0.717) is 5.52 Å². The number of benzene rings is 7. The van der Waals surface area contributed by atoms with Crippen molar-refractivity contribution in [1.29, 1.82) is 0 Å². The molecule has 2 N–H and O–H groups in total. The van der Waals surface area contributed by atoms with Crippen molar-refractivity contribution in [3.8, 4) is 39.1 Å². The molecule has 0 aliphatic heterocycles. The van der Waals surface area contributed by atoms with E-state index in [0.717, 1.165) is 60.6 Å². The maximum Gasteiger partial charge on any atom is 0.188 e. The summed E-state index contributed by atoms with van der Waals surface area (Å²) in [6.45, 7) is 0. The molecule has 0 saturated carbocycles. The second-order valence-corrected chi connectivity index (χ2v) is 11.6. The molecule has 0 saturated heterocycles. The topological polar surface area (TPSA) is 58.3 Å². The molecule has 45 heavy (non-hydrogen) atoms. The Balaban J connectivity index is 1.52. The van der Waals surface area contributed by atoms with Crippen LogP contribution >= 0.6 is 0 Å². The molecule has 7 aromatic carbocycles. The highest BCUT2D eigenvalue weighted by atomic mass is 16.5. The van der Waals surface area contributed by atoms with Crippen molar-refractivity contribution in [2.45, 2.75) is 5.69 Å². The number of nitrogens with zero attached hydrogens (tertiary/aromatic N) is 2. The Morgan fingerprint density at radius 3 is 1.82 bits per heavy atom. The largest absolute Gasteiger partial charge is 0.367 e. The lowest BCUT2D eigenvalue weighted by Gasteiger charge is -2.23. The van der Waals surface area contributed by atoms with Gasteiger partial charge in [-0.2, -0.15) is 0 Å². The van der Waals surface area contributed by atoms with Crippen molar-refractivity contribution < 1.29 is 10.2 Å². The molecule has 0 aliphatic rings. The van der Waals surface area contributed by atoms with Crippen molar-refractivity contribution in [3.05, 3.63) is 157 Å². The average Bonchev–Trinajstić information content (AvgIpc) is 3.48. The molecule has 1 aromatic heterocycles. The summed E-state index contributed by atoms with van der Waals surface area (Å²) in [5.41, 5.74) is 6.86. The molecule has 0 unspecified atom stereocenters. The molecule has 214 valence electrons. The van der Waals surface area contributed by atoms with Gasteiger partial charge in [0.05, 0.1) is 16.7 Å². The Labute approximate surface area is 261 Å². The zero-order valence-electron chi connectivity index (χ0n) is 24.7. The monoisotopic (exact) mass is 580 g/mol. The normalized spacial score (nSPS) is 11.9. The minimum absolute atomic E-state index is 0.164. The Hall–Kier alpha value is -5.49. The van der Waals surface area contributed by atoms with E-state index in [1.54, 1.807) is 0 Å². The van der Waals surface area contributed by atoms with Gasteiger partial charge in [0.1, 0.15) is 0 Å². The Morgan fingerprint density at radius 2 is 1.09 bits per heavy atom. The molecule has 0 radical (unpaired) electrons. The summed E-state index contributed by atoms with van der Waals surface area (Å²) in [5, 5.41) is 26.3. The van der Waals surface area contributed by atoms with Crippen LogP contribution in [0.15, 0.2) is 152 Å². The van der Waals surface area contributed by atoms with E-state index in [2.05, 4.69) is 108 Å². The molecule has 8 rings (SSSR count). The summed E-state index contributed by atoms with van der Waals surface area (Å²) in [6.07, 6.45) is 0. The maximum atomic E-state index is 10.9. The average molecular weight is 580 g/mol. The van der Waals surface area contributed by atoms with Crippen molar-refractivity contribution in [1.82, 2.24) is 9.55 Å². The van der Waals surface area contributed by atoms with Gasteiger partial charge in [-0.15, -0.1) is 0 Å². The third-order valence-corrected chi connectivity index (χ3v) is 8.59.